The summed E-state index contributed by atoms with van der Waals surface area (Å²) >= 11 is 3.10. The van der Waals surface area contributed by atoms with Crippen molar-refractivity contribution in [2.75, 3.05) is 0 Å². The van der Waals surface area contributed by atoms with E-state index >= 15 is 0 Å². The quantitative estimate of drug-likeness (QED) is 0.556. The van der Waals surface area contributed by atoms with Crippen molar-refractivity contribution in [3.63, 3.8) is 0 Å². The fraction of sp³-hybridized carbons (Fsp3) is 0.357. The van der Waals surface area contributed by atoms with E-state index < -0.39 is 0 Å². The molecule has 2 rings (SSSR count). The van der Waals surface area contributed by atoms with Gasteiger partial charge in [-0.2, -0.15) is 0 Å². The van der Waals surface area contributed by atoms with Gasteiger partial charge < -0.3 is 0 Å². The summed E-state index contributed by atoms with van der Waals surface area (Å²) in [6.45, 7) is 9.80. The molecule has 2 aromatic rings. The van der Waals surface area contributed by atoms with Crippen molar-refractivity contribution in [3.8, 4) is 0 Å². The van der Waals surface area contributed by atoms with Crippen LogP contribution in [0.3, 0.4) is 0 Å². The van der Waals surface area contributed by atoms with E-state index in [9.17, 15) is 9.60 Å². The second-order valence-corrected chi connectivity index (χ2v) is 4.01. The highest BCUT2D eigenvalue weighted by molar-refractivity contribution is 9.10. The van der Waals surface area contributed by atoms with Gasteiger partial charge in [0.15, 0.2) is 5.82 Å². The molecule has 1 heterocycles. The van der Waals surface area contributed by atoms with Crippen LogP contribution in [0, 0.1) is 12.7 Å². The predicted molar refractivity (Wildman–Crippen MR) is 76.4 cm³/mol. The zero-order chi connectivity index (χ0) is 14.3. The van der Waals surface area contributed by atoms with E-state index in [1.807, 2.05) is 27.7 Å². The highest BCUT2D eigenvalue weighted by atomic mass is 79.9. The van der Waals surface area contributed by atoms with Gasteiger partial charge in [-0.3, -0.25) is 5.21 Å². The maximum atomic E-state index is 13.6. The van der Waals surface area contributed by atoms with Gasteiger partial charge in [-0.15, -0.1) is 0 Å². The summed E-state index contributed by atoms with van der Waals surface area (Å²) in [6, 6.07) is 4.92. The van der Waals surface area contributed by atoms with Gasteiger partial charge in [0.1, 0.15) is 0 Å². The van der Waals surface area contributed by atoms with Crippen LogP contribution in [0.2, 0.25) is 0 Å². The number of benzene rings is 1. The zero-order valence-corrected chi connectivity index (χ0v) is 13.0. The van der Waals surface area contributed by atoms with Crippen molar-refractivity contribution in [2.45, 2.75) is 34.6 Å². The molecule has 2 nitrogen and oxygen atoms in total. The van der Waals surface area contributed by atoms with Gasteiger partial charge in [0, 0.05) is 16.4 Å². The topological polar surface area (TPSA) is 24.1 Å². The van der Waals surface area contributed by atoms with Crippen molar-refractivity contribution in [3.05, 3.63) is 40.2 Å². The van der Waals surface area contributed by atoms with Gasteiger partial charge in [0.05, 0.1) is 9.86 Å². The van der Waals surface area contributed by atoms with Crippen LogP contribution in [0.5, 0.6) is 0 Å². The van der Waals surface area contributed by atoms with Gasteiger partial charge in [-0.25, -0.2) is 4.39 Å². The molecule has 0 aliphatic rings. The molecule has 18 heavy (non-hydrogen) atoms. The monoisotopic (exact) mass is 316 g/mol. The number of aromatic nitrogens is 1. The molecule has 1 N–H and O–H groups in total. The van der Waals surface area contributed by atoms with Gasteiger partial charge in [0.2, 0.25) is 6.20 Å². The average Bonchev–Trinajstić information content (AvgIpc) is 2.39. The number of halogens is 2. The fourth-order valence-electron chi connectivity index (χ4n) is 1.42. The summed E-state index contributed by atoms with van der Waals surface area (Å²) in [5.41, 5.74) is 1.26. The van der Waals surface area contributed by atoms with Crippen LogP contribution in [-0.4, -0.2) is 5.21 Å². The number of nitrogens with zero attached hydrogens (tertiary/aromatic N) is 1. The Labute approximate surface area is 116 Å². The second-order valence-electron chi connectivity index (χ2n) is 3.16. The molecule has 100 valence electrons. The Kier molecular flexibility index (Phi) is 7.51. The Morgan fingerprint density at radius 2 is 1.72 bits per heavy atom. The van der Waals surface area contributed by atoms with E-state index in [1.54, 1.807) is 25.1 Å². The third-order valence-electron chi connectivity index (χ3n) is 2.05. The molecule has 1 aromatic carbocycles. The van der Waals surface area contributed by atoms with Crippen LogP contribution in [0.1, 0.15) is 33.3 Å². The smallest absolute Gasteiger partial charge is 0.267 e. The van der Waals surface area contributed by atoms with E-state index in [0.29, 0.717) is 15.4 Å². The molecule has 0 unspecified atom stereocenters. The van der Waals surface area contributed by atoms with Crippen LogP contribution in [0.15, 0.2) is 28.9 Å². The first-order valence-corrected chi connectivity index (χ1v) is 6.88. The Morgan fingerprint density at radius 3 is 2.28 bits per heavy atom. The number of aryl methyl sites for hydroxylation is 1. The third-order valence-corrected chi connectivity index (χ3v) is 2.67. The third kappa shape index (κ3) is 3.67. The van der Waals surface area contributed by atoms with Crippen molar-refractivity contribution in [1.82, 2.24) is 0 Å². The Morgan fingerprint density at radius 1 is 1.17 bits per heavy atom. The van der Waals surface area contributed by atoms with E-state index in [4.69, 9.17) is 0 Å². The van der Waals surface area contributed by atoms with E-state index in [0.717, 1.165) is 10.3 Å². The number of hydrogen-bond donors (Lipinski definition) is 1. The average molecular weight is 317 g/mol. The van der Waals surface area contributed by atoms with Crippen molar-refractivity contribution >= 4 is 26.8 Å². The van der Waals surface area contributed by atoms with Crippen LogP contribution in [0.4, 0.5) is 4.39 Å². The maximum Gasteiger partial charge on any atom is 0.267 e. The largest absolute Gasteiger partial charge is 0.285 e. The lowest BCUT2D eigenvalue weighted by Crippen LogP contribution is -2.30. The number of hydrogen-bond acceptors (Lipinski definition) is 1. The molecular formula is C14H20BrFNO+. The molecule has 0 radical (unpaired) electrons. The molecule has 0 aliphatic heterocycles. The van der Waals surface area contributed by atoms with E-state index in [2.05, 4.69) is 15.9 Å². The lowest BCUT2D eigenvalue weighted by Gasteiger charge is -1.99. The number of fused-ring (bicyclic) bond motifs is 1. The molecule has 0 aliphatic carbocycles. The van der Waals surface area contributed by atoms with Gasteiger partial charge in [0.25, 0.3) is 5.52 Å². The molecule has 0 saturated heterocycles. The molecular weight excluding hydrogens is 297 g/mol. The van der Waals surface area contributed by atoms with Gasteiger partial charge in [-0.1, -0.05) is 27.7 Å². The van der Waals surface area contributed by atoms with Crippen LogP contribution in [0.25, 0.3) is 10.9 Å². The Bertz CT molecular complexity index is 515. The summed E-state index contributed by atoms with van der Waals surface area (Å²) in [5, 5.41) is 9.91. The summed E-state index contributed by atoms with van der Waals surface area (Å²) in [4.78, 5) is 0. The minimum atomic E-state index is -0.353. The number of pyridine rings is 1. The summed E-state index contributed by atoms with van der Waals surface area (Å²) in [7, 11) is 0. The van der Waals surface area contributed by atoms with Gasteiger partial charge in [-0.05, 0) is 35.0 Å². The Balaban J connectivity index is 0.000000659. The number of rotatable bonds is 0. The normalized spacial score (nSPS) is 9.06. The molecule has 0 atom stereocenters. The van der Waals surface area contributed by atoms with Crippen molar-refractivity contribution < 1.29 is 14.3 Å². The highest BCUT2D eigenvalue weighted by Gasteiger charge is 2.14. The first-order valence-electron chi connectivity index (χ1n) is 6.09. The standard InChI is InChI=1S/C10H8BrFNO.2C2H6/c1-6-4-7-9(13(14)5-6)3-2-8(11)10(7)12;2*1-2/h2-5,14H,1H3;2*1-2H3/q+1;;. The molecule has 1 aromatic heterocycles. The van der Waals surface area contributed by atoms with E-state index in [-0.39, 0.29) is 5.82 Å². The minimum Gasteiger partial charge on any atom is -0.285 e. The van der Waals surface area contributed by atoms with E-state index in [1.165, 1.54) is 6.20 Å². The first kappa shape index (κ1) is 16.8. The molecule has 0 bridgehead atoms. The zero-order valence-electron chi connectivity index (χ0n) is 11.5. The molecule has 0 saturated carbocycles. The highest BCUT2D eigenvalue weighted by Crippen LogP contribution is 2.23. The molecule has 0 spiro atoms. The summed E-state index contributed by atoms with van der Waals surface area (Å²) in [5.74, 6) is -0.353. The van der Waals surface area contributed by atoms with Crippen LogP contribution < -0.4 is 4.73 Å². The van der Waals surface area contributed by atoms with Crippen LogP contribution >= 0.6 is 15.9 Å². The lowest BCUT2D eigenvalue weighted by atomic mass is 10.1. The van der Waals surface area contributed by atoms with Crippen LogP contribution in [-0.2, 0) is 0 Å². The lowest BCUT2D eigenvalue weighted by molar-refractivity contribution is -0.884. The fourth-order valence-corrected chi connectivity index (χ4v) is 1.77. The Hall–Kier alpha value is -1.16. The molecule has 0 fully saturated rings. The van der Waals surface area contributed by atoms with Crippen molar-refractivity contribution in [1.29, 1.82) is 0 Å². The predicted octanol–water partition coefficient (Wildman–Crippen LogP) is 4.63. The second kappa shape index (κ2) is 8.03. The summed E-state index contributed by atoms with van der Waals surface area (Å²) in [6.07, 6.45) is 1.54. The minimum absolute atomic E-state index is 0.353. The maximum absolute atomic E-state index is 13.6. The molecule has 0 amide bonds. The van der Waals surface area contributed by atoms with Crippen molar-refractivity contribution in [2.24, 2.45) is 0 Å². The first-order chi connectivity index (χ1) is 8.59. The SMILES string of the molecule is CC.CC.Cc1cc2c(F)c(Br)ccc2[n+](O)c1. The molecule has 4 heteroatoms. The van der Waals surface area contributed by atoms with Gasteiger partial charge >= 0.3 is 0 Å². The summed E-state index contributed by atoms with van der Waals surface area (Å²) < 4.78 is 14.9.